The van der Waals surface area contributed by atoms with Gasteiger partial charge in [-0.1, -0.05) is 18.2 Å². The van der Waals surface area contributed by atoms with E-state index in [1.807, 2.05) is 0 Å². The number of hydrogen-bond acceptors (Lipinski definition) is 6. The van der Waals surface area contributed by atoms with Crippen molar-refractivity contribution >= 4 is 29.4 Å². The molecular weight excluding hydrogens is 416 g/mol. The maximum atomic E-state index is 13.2. The Kier molecular flexibility index (Phi) is 7.09. The third-order valence-corrected chi connectivity index (χ3v) is 4.81. The molecule has 0 spiro atoms. The molecule has 0 saturated carbocycles. The number of rotatable bonds is 7. The number of esters is 1. The predicted molar refractivity (Wildman–Crippen MR) is 114 cm³/mol. The number of fused-ring (bicyclic) bond motifs is 1. The molecule has 1 atom stereocenters. The van der Waals surface area contributed by atoms with Crippen molar-refractivity contribution in [2.24, 2.45) is 0 Å². The summed E-state index contributed by atoms with van der Waals surface area (Å²) in [4.78, 5) is 50.6. The van der Waals surface area contributed by atoms with E-state index in [9.17, 15) is 19.2 Å². The van der Waals surface area contributed by atoms with E-state index in [2.05, 4.69) is 0 Å². The van der Waals surface area contributed by atoms with Crippen molar-refractivity contribution in [3.05, 3.63) is 59.7 Å². The van der Waals surface area contributed by atoms with Crippen molar-refractivity contribution in [1.82, 2.24) is 4.90 Å². The van der Waals surface area contributed by atoms with Gasteiger partial charge in [0.25, 0.3) is 5.91 Å². The van der Waals surface area contributed by atoms with Crippen molar-refractivity contribution in [1.29, 1.82) is 0 Å². The van der Waals surface area contributed by atoms with Crippen LogP contribution < -0.4 is 9.64 Å². The molecule has 0 aromatic heterocycles. The SMILES string of the molecule is CC(=O)OC(C)COc1ccc(C(=O)N2CC(=O)N(CC(=O)O)Cc3ccccc32)cc1. The minimum Gasteiger partial charge on any atom is -0.490 e. The van der Waals surface area contributed by atoms with E-state index in [1.165, 1.54) is 16.7 Å². The van der Waals surface area contributed by atoms with E-state index in [4.69, 9.17) is 14.6 Å². The lowest BCUT2D eigenvalue weighted by molar-refractivity contribution is -0.146. The zero-order valence-corrected chi connectivity index (χ0v) is 17.8. The summed E-state index contributed by atoms with van der Waals surface area (Å²) in [6.45, 7) is 2.61. The van der Waals surface area contributed by atoms with E-state index in [0.717, 1.165) is 0 Å². The topological polar surface area (TPSA) is 113 Å². The number of aliphatic carboxylic acids is 1. The van der Waals surface area contributed by atoms with Crippen molar-refractivity contribution in [3.8, 4) is 5.75 Å². The zero-order valence-electron chi connectivity index (χ0n) is 17.8. The smallest absolute Gasteiger partial charge is 0.323 e. The van der Waals surface area contributed by atoms with Gasteiger partial charge in [-0.3, -0.25) is 24.1 Å². The summed E-state index contributed by atoms with van der Waals surface area (Å²) in [6, 6.07) is 13.5. The molecule has 32 heavy (non-hydrogen) atoms. The molecular formula is C23H24N2O7. The largest absolute Gasteiger partial charge is 0.490 e. The lowest BCUT2D eigenvalue weighted by Gasteiger charge is -2.22. The third-order valence-electron chi connectivity index (χ3n) is 4.81. The minimum absolute atomic E-state index is 0.110. The zero-order chi connectivity index (χ0) is 23.3. The summed E-state index contributed by atoms with van der Waals surface area (Å²) >= 11 is 0. The first-order valence-electron chi connectivity index (χ1n) is 10.0. The Balaban J connectivity index is 1.77. The van der Waals surface area contributed by atoms with Gasteiger partial charge in [-0.2, -0.15) is 0 Å². The molecule has 0 aliphatic carbocycles. The lowest BCUT2D eigenvalue weighted by Crippen LogP contribution is -2.41. The fourth-order valence-electron chi connectivity index (χ4n) is 3.39. The maximum absolute atomic E-state index is 13.2. The van der Waals surface area contributed by atoms with Crippen LogP contribution in [-0.4, -0.2) is 59.6 Å². The van der Waals surface area contributed by atoms with Gasteiger partial charge >= 0.3 is 11.9 Å². The van der Waals surface area contributed by atoms with Gasteiger partial charge in [-0.25, -0.2) is 0 Å². The fourth-order valence-corrected chi connectivity index (χ4v) is 3.39. The Morgan fingerprint density at radius 2 is 1.75 bits per heavy atom. The molecule has 1 unspecified atom stereocenters. The highest BCUT2D eigenvalue weighted by Gasteiger charge is 2.30. The van der Waals surface area contributed by atoms with Crippen molar-refractivity contribution in [3.63, 3.8) is 0 Å². The van der Waals surface area contributed by atoms with Crippen LogP contribution in [0.2, 0.25) is 0 Å². The molecule has 1 aliphatic rings. The van der Waals surface area contributed by atoms with Crippen LogP contribution in [0.25, 0.3) is 0 Å². The number of hydrogen-bond donors (Lipinski definition) is 1. The molecule has 3 rings (SSSR count). The van der Waals surface area contributed by atoms with Gasteiger partial charge in [-0.05, 0) is 42.8 Å². The minimum atomic E-state index is -1.12. The van der Waals surface area contributed by atoms with Gasteiger partial charge in [0.15, 0.2) is 0 Å². The molecule has 2 amide bonds. The van der Waals surface area contributed by atoms with E-state index in [1.54, 1.807) is 55.5 Å². The summed E-state index contributed by atoms with van der Waals surface area (Å²) in [5, 5.41) is 9.11. The van der Waals surface area contributed by atoms with Crippen LogP contribution in [0.5, 0.6) is 5.75 Å². The summed E-state index contributed by atoms with van der Waals surface area (Å²) in [6.07, 6.45) is -0.415. The van der Waals surface area contributed by atoms with Crippen LogP contribution in [0.4, 0.5) is 5.69 Å². The van der Waals surface area contributed by atoms with Crippen molar-refractivity contribution < 1.29 is 33.8 Å². The predicted octanol–water partition coefficient (Wildman–Crippen LogP) is 2.09. The molecule has 2 aromatic rings. The Bertz CT molecular complexity index is 1020. The number of anilines is 1. The highest BCUT2D eigenvalue weighted by atomic mass is 16.6. The molecule has 0 saturated heterocycles. The van der Waals surface area contributed by atoms with Gasteiger partial charge in [-0.15, -0.1) is 0 Å². The molecule has 1 heterocycles. The average molecular weight is 440 g/mol. The fraction of sp³-hybridized carbons (Fsp3) is 0.304. The Morgan fingerprint density at radius 3 is 2.41 bits per heavy atom. The number of ether oxygens (including phenoxy) is 2. The highest BCUT2D eigenvalue weighted by Crippen LogP contribution is 2.27. The first-order valence-corrected chi connectivity index (χ1v) is 10.0. The number of amides is 2. The van der Waals surface area contributed by atoms with Crippen molar-refractivity contribution in [2.45, 2.75) is 26.5 Å². The van der Waals surface area contributed by atoms with Gasteiger partial charge < -0.3 is 19.5 Å². The Morgan fingerprint density at radius 1 is 1.06 bits per heavy atom. The van der Waals surface area contributed by atoms with Crippen LogP contribution in [0.1, 0.15) is 29.8 Å². The Hall–Kier alpha value is -3.88. The molecule has 0 fully saturated rings. The summed E-state index contributed by atoms with van der Waals surface area (Å²) in [5.41, 5.74) is 1.60. The number of benzene rings is 2. The molecule has 168 valence electrons. The van der Waals surface area contributed by atoms with E-state index < -0.39 is 30.5 Å². The molecule has 1 aliphatic heterocycles. The van der Waals surface area contributed by atoms with Crippen LogP contribution in [0, 0.1) is 0 Å². The van der Waals surface area contributed by atoms with Gasteiger partial charge in [0.1, 0.15) is 31.5 Å². The summed E-state index contributed by atoms with van der Waals surface area (Å²) < 4.78 is 10.6. The molecule has 0 radical (unpaired) electrons. The number of carboxylic acid groups (broad SMARTS) is 1. The number of para-hydroxylation sites is 1. The van der Waals surface area contributed by atoms with Gasteiger partial charge in [0.2, 0.25) is 5.91 Å². The van der Waals surface area contributed by atoms with E-state index >= 15 is 0 Å². The number of carbonyl (C=O) groups is 4. The second-order valence-electron chi connectivity index (χ2n) is 7.42. The Labute approximate surface area is 185 Å². The van der Waals surface area contributed by atoms with E-state index in [-0.39, 0.29) is 25.6 Å². The molecule has 0 bridgehead atoms. The lowest BCUT2D eigenvalue weighted by atomic mass is 10.1. The molecule has 2 aromatic carbocycles. The standard InChI is InChI=1S/C23H24N2O7/c1-15(32-16(2)26)14-31-19-9-7-17(8-10-19)23(30)25-12-21(27)24(13-22(28)29)11-18-5-3-4-6-20(18)25/h3-10,15H,11-14H2,1-2H3,(H,28,29). The highest BCUT2D eigenvalue weighted by molar-refractivity contribution is 6.09. The third kappa shape index (κ3) is 5.63. The monoisotopic (exact) mass is 440 g/mol. The maximum Gasteiger partial charge on any atom is 0.323 e. The molecule has 9 heteroatoms. The normalized spacial score (nSPS) is 14.2. The summed E-state index contributed by atoms with van der Waals surface area (Å²) in [7, 11) is 0. The van der Waals surface area contributed by atoms with Crippen LogP contribution in [0.3, 0.4) is 0 Å². The van der Waals surface area contributed by atoms with Crippen LogP contribution in [0.15, 0.2) is 48.5 Å². The second kappa shape index (κ2) is 9.95. The second-order valence-corrected chi connectivity index (χ2v) is 7.42. The molecule has 9 nitrogen and oxygen atoms in total. The molecule has 1 N–H and O–H groups in total. The van der Waals surface area contributed by atoms with Crippen LogP contribution in [-0.2, 0) is 25.7 Å². The van der Waals surface area contributed by atoms with Crippen molar-refractivity contribution in [2.75, 3.05) is 24.6 Å². The van der Waals surface area contributed by atoms with Crippen LogP contribution >= 0.6 is 0 Å². The average Bonchev–Trinajstić information content (AvgIpc) is 2.88. The first-order chi connectivity index (χ1) is 15.2. The van der Waals surface area contributed by atoms with E-state index in [0.29, 0.717) is 22.6 Å². The van der Waals surface area contributed by atoms with Gasteiger partial charge in [0, 0.05) is 24.7 Å². The number of nitrogens with zero attached hydrogens (tertiary/aromatic N) is 2. The quantitative estimate of drug-likeness (QED) is 0.656. The summed E-state index contributed by atoms with van der Waals surface area (Å²) in [5.74, 6) is -1.84. The first kappa shape index (κ1) is 22.8. The number of carbonyl (C=O) groups excluding carboxylic acids is 3. The number of carboxylic acids is 1. The van der Waals surface area contributed by atoms with Gasteiger partial charge in [0.05, 0.1) is 0 Å².